The van der Waals surface area contributed by atoms with Crippen molar-refractivity contribution in [2.75, 3.05) is 7.11 Å². The molecule has 3 aromatic heterocycles. The highest BCUT2D eigenvalue weighted by Gasteiger charge is 2.21. The van der Waals surface area contributed by atoms with E-state index in [0.717, 1.165) is 45.8 Å². The number of benzene rings is 3. The van der Waals surface area contributed by atoms with Crippen molar-refractivity contribution in [2.45, 2.75) is 19.4 Å². The van der Waals surface area contributed by atoms with Gasteiger partial charge in [-0.3, -0.25) is 4.79 Å². The minimum Gasteiger partial charge on any atom is -0.496 e. The van der Waals surface area contributed by atoms with Crippen molar-refractivity contribution >= 4 is 22.4 Å². The molecular weight excluding hydrogens is 510 g/mol. The molecule has 6 aromatic rings. The first-order valence-corrected chi connectivity index (χ1v) is 13.4. The predicted octanol–water partition coefficient (Wildman–Crippen LogP) is 4.55. The van der Waals surface area contributed by atoms with Gasteiger partial charge in [0.1, 0.15) is 23.3 Å². The van der Waals surface area contributed by atoms with Gasteiger partial charge in [0, 0.05) is 23.7 Å². The zero-order valence-electron chi connectivity index (χ0n) is 21.2. The predicted molar refractivity (Wildman–Crippen MR) is 151 cm³/mol. The maximum absolute atomic E-state index is 13.4. The van der Waals surface area contributed by atoms with Crippen LogP contribution in [-0.4, -0.2) is 37.6 Å². The third-order valence-corrected chi connectivity index (χ3v) is 7.71. The third kappa shape index (κ3) is 4.07. The SMILES string of the molecule is COc1ccccc1-c1nc2sc(=Cc3cn(-c4ccccc4)nc3-c3ccc4c(c3)CC(C)O4)c(=O)n2n1. The summed E-state index contributed by atoms with van der Waals surface area (Å²) in [6.45, 7) is 2.07. The summed E-state index contributed by atoms with van der Waals surface area (Å²) in [7, 11) is 1.60. The number of thiazole rings is 1. The first-order valence-electron chi connectivity index (χ1n) is 12.6. The molecule has 1 aliphatic heterocycles. The molecule has 0 aliphatic carbocycles. The zero-order chi connectivity index (χ0) is 26.5. The number of hydrogen-bond acceptors (Lipinski definition) is 7. The van der Waals surface area contributed by atoms with Crippen molar-refractivity contribution < 1.29 is 9.47 Å². The Morgan fingerprint density at radius 1 is 1.05 bits per heavy atom. The Balaban J connectivity index is 1.36. The summed E-state index contributed by atoms with van der Waals surface area (Å²) in [5, 5.41) is 9.43. The summed E-state index contributed by atoms with van der Waals surface area (Å²) < 4.78 is 15.1. The molecule has 0 spiro atoms. The first kappa shape index (κ1) is 23.4. The molecule has 0 fully saturated rings. The van der Waals surface area contributed by atoms with E-state index in [1.54, 1.807) is 7.11 Å². The summed E-state index contributed by atoms with van der Waals surface area (Å²) >= 11 is 1.30. The van der Waals surface area contributed by atoms with Crippen LogP contribution in [0.3, 0.4) is 0 Å². The number of fused-ring (bicyclic) bond motifs is 2. The molecule has 39 heavy (non-hydrogen) atoms. The average Bonchev–Trinajstić information content (AvgIpc) is 3.72. The fourth-order valence-corrected chi connectivity index (χ4v) is 5.82. The van der Waals surface area contributed by atoms with E-state index in [9.17, 15) is 4.79 Å². The van der Waals surface area contributed by atoms with Crippen molar-refractivity contribution in [3.8, 4) is 39.8 Å². The molecular formula is C30H23N5O3S. The van der Waals surface area contributed by atoms with Crippen LogP contribution < -0.4 is 19.6 Å². The molecule has 192 valence electrons. The highest BCUT2D eigenvalue weighted by molar-refractivity contribution is 7.15. The zero-order valence-corrected chi connectivity index (χ0v) is 22.1. The van der Waals surface area contributed by atoms with Gasteiger partial charge in [0.25, 0.3) is 5.56 Å². The monoisotopic (exact) mass is 533 g/mol. The number of nitrogens with zero attached hydrogens (tertiary/aromatic N) is 5. The molecule has 1 aliphatic rings. The van der Waals surface area contributed by atoms with E-state index in [-0.39, 0.29) is 11.7 Å². The van der Waals surface area contributed by atoms with Gasteiger partial charge in [-0.05, 0) is 61.0 Å². The number of aromatic nitrogens is 5. The summed E-state index contributed by atoms with van der Waals surface area (Å²) in [5.74, 6) is 2.02. The van der Waals surface area contributed by atoms with Crippen LogP contribution in [0.4, 0.5) is 0 Å². The van der Waals surface area contributed by atoms with Gasteiger partial charge in [0.2, 0.25) is 4.96 Å². The molecule has 0 radical (unpaired) electrons. The van der Waals surface area contributed by atoms with E-state index in [1.807, 2.05) is 83.7 Å². The van der Waals surface area contributed by atoms with E-state index in [2.05, 4.69) is 23.1 Å². The van der Waals surface area contributed by atoms with Crippen LogP contribution in [0.2, 0.25) is 0 Å². The molecule has 7 rings (SSSR count). The minimum atomic E-state index is -0.224. The summed E-state index contributed by atoms with van der Waals surface area (Å²) in [6.07, 6.45) is 4.84. The van der Waals surface area contributed by atoms with Crippen LogP contribution in [-0.2, 0) is 6.42 Å². The van der Waals surface area contributed by atoms with Crippen molar-refractivity contribution in [3.05, 3.63) is 105 Å². The molecule has 0 saturated carbocycles. The minimum absolute atomic E-state index is 0.154. The lowest BCUT2D eigenvalue weighted by atomic mass is 10.0. The van der Waals surface area contributed by atoms with Gasteiger partial charge < -0.3 is 9.47 Å². The molecule has 9 heteroatoms. The lowest BCUT2D eigenvalue weighted by Crippen LogP contribution is -2.23. The number of methoxy groups -OCH3 is 1. The Morgan fingerprint density at radius 3 is 2.69 bits per heavy atom. The fraction of sp³-hybridized carbons (Fsp3) is 0.133. The quantitative estimate of drug-likeness (QED) is 0.323. The van der Waals surface area contributed by atoms with Crippen molar-refractivity contribution in [1.82, 2.24) is 24.4 Å². The largest absolute Gasteiger partial charge is 0.496 e. The lowest BCUT2D eigenvalue weighted by molar-refractivity contribution is 0.254. The summed E-state index contributed by atoms with van der Waals surface area (Å²) in [4.78, 5) is 18.6. The number of ether oxygens (including phenoxy) is 2. The number of rotatable bonds is 5. The normalized spacial score (nSPS) is 15.0. The van der Waals surface area contributed by atoms with Crippen LogP contribution in [0.25, 0.3) is 39.4 Å². The molecule has 0 bridgehead atoms. The topological polar surface area (TPSA) is 83.5 Å². The Kier molecular flexibility index (Phi) is 5.52. The summed E-state index contributed by atoms with van der Waals surface area (Å²) in [5.41, 5.74) is 5.19. The van der Waals surface area contributed by atoms with Crippen LogP contribution in [0.1, 0.15) is 18.1 Å². The van der Waals surface area contributed by atoms with Crippen LogP contribution in [0.5, 0.6) is 11.5 Å². The molecule has 1 atom stereocenters. The Hall–Kier alpha value is -4.76. The second-order valence-corrected chi connectivity index (χ2v) is 10.4. The van der Waals surface area contributed by atoms with E-state index < -0.39 is 0 Å². The standard InChI is InChI=1S/C30H23N5O3S/c1-18-14-20-15-19(12-13-24(20)38-18)27-21(17-34(32-27)22-8-4-3-5-9-22)16-26-29(36)35-30(39-26)31-28(33-35)23-10-6-7-11-25(23)37-2/h3-13,15-18H,14H2,1-2H3. The lowest BCUT2D eigenvalue weighted by Gasteiger charge is -2.04. The van der Waals surface area contributed by atoms with E-state index in [1.165, 1.54) is 15.9 Å². The van der Waals surface area contributed by atoms with E-state index in [0.29, 0.717) is 21.1 Å². The molecule has 0 saturated heterocycles. The Bertz CT molecular complexity index is 1960. The van der Waals surface area contributed by atoms with Gasteiger partial charge in [-0.2, -0.15) is 14.6 Å². The van der Waals surface area contributed by atoms with Gasteiger partial charge in [-0.15, -0.1) is 5.10 Å². The van der Waals surface area contributed by atoms with Crippen molar-refractivity contribution in [2.24, 2.45) is 0 Å². The van der Waals surface area contributed by atoms with Gasteiger partial charge >= 0.3 is 0 Å². The van der Waals surface area contributed by atoms with Gasteiger partial charge in [0.15, 0.2) is 5.82 Å². The van der Waals surface area contributed by atoms with E-state index in [4.69, 9.17) is 14.6 Å². The first-order chi connectivity index (χ1) is 19.1. The second-order valence-electron chi connectivity index (χ2n) is 9.41. The van der Waals surface area contributed by atoms with Crippen molar-refractivity contribution in [1.29, 1.82) is 0 Å². The number of hydrogen-bond donors (Lipinski definition) is 0. The van der Waals surface area contributed by atoms with Crippen LogP contribution in [0.15, 0.2) is 83.8 Å². The number of para-hydroxylation sites is 2. The summed E-state index contributed by atoms with van der Waals surface area (Å²) in [6, 6.07) is 23.6. The van der Waals surface area contributed by atoms with Crippen LogP contribution in [0, 0.1) is 0 Å². The maximum atomic E-state index is 13.4. The van der Waals surface area contributed by atoms with Gasteiger partial charge in [-0.1, -0.05) is 41.7 Å². The van der Waals surface area contributed by atoms with Gasteiger partial charge in [0.05, 0.1) is 22.9 Å². The van der Waals surface area contributed by atoms with Crippen LogP contribution >= 0.6 is 11.3 Å². The molecule has 0 N–H and O–H groups in total. The average molecular weight is 534 g/mol. The Morgan fingerprint density at radius 2 is 1.87 bits per heavy atom. The highest BCUT2D eigenvalue weighted by atomic mass is 32.1. The molecule has 4 heterocycles. The fourth-order valence-electron chi connectivity index (χ4n) is 4.92. The molecule has 3 aromatic carbocycles. The second kappa shape index (κ2) is 9.21. The molecule has 8 nitrogen and oxygen atoms in total. The molecule has 0 amide bonds. The molecule has 1 unspecified atom stereocenters. The van der Waals surface area contributed by atoms with E-state index >= 15 is 0 Å². The highest BCUT2D eigenvalue weighted by Crippen LogP contribution is 2.34. The van der Waals surface area contributed by atoms with Gasteiger partial charge in [-0.25, -0.2) is 4.68 Å². The smallest absolute Gasteiger partial charge is 0.291 e. The maximum Gasteiger partial charge on any atom is 0.291 e. The Labute approximate surface area is 227 Å². The third-order valence-electron chi connectivity index (χ3n) is 6.75. The van der Waals surface area contributed by atoms with Crippen molar-refractivity contribution in [3.63, 3.8) is 0 Å².